The highest BCUT2D eigenvalue weighted by molar-refractivity contribution is 6.00. The molecule has 0 atom stereocenters. The number of carboxylic acid groups (broad SMARTS) is 1. The molecule has 6 heteroatoms. The molecule has 1 N–H and O–H groups in total. The summed E-state index contributed by atoms with van der Waals surface area (Å²) in [5.74, 6) is -1.05. The van der Waals surface area contributed by atoms with Crippen LogP contribution >= 0.6 is 0 Å². The van der Waals surface area contributed by atoms with Crippen LogP contribution in [0.2, 0.25) is 0 Å². The van der Waals surface area contributed by atoms with Gasteiger partial charge in [0.1, 0.15) is 0 Å². The van der Waals surface area contributed by atoms with Gasteiger partial charge in [0.2, 0.25) is 0 Å². The molecule has 0 unspecified atom stereocenters. The van der Waals surface area contributed by atoms with Gasteiger partial charge in [-0.3, -0.25) is 4.98 Å². The maximum absolute atomic E-state index is 12.6. The van der Waals surface area contributed by atoms with Crippen LogP contribution in [-0.4, -0.2) is 16.1 Å². The Balaban J connectivity index is 2.11. The molecule has 0 saturated heterocycles. The second-order valence-corrected chi connectivity index (χ2v) is 5.00. The summed E-state index contributed by atoms with van der Waals surface area (Å²) < 4.78 is 37.9. The lowest BCUT2D eigenvalue weighted by molar-refractivity contribution is -0.137. The van der Waals surface area contributed by atoms with Crippen molar-refractivity contribution in [2.75, 3.05) is 0 Å². The van der Waals surface area contributed by atoms with Crippen LogP contribution in [0.3, 0.4) is 0 Å². The van der Waals surface area contributed by atoms with E-state index in [4.69, 9.17) is 5.11 Å². The third kappa shape index (κ3) is 2.88. The normalized spacial score (nSPS) is 11.6. The van der Waals surface area contributed by atoms with Gasteiger partial charge in [0.15, 0.2) is 0 Å². The van der Waals surface area contributed by atoms with Crippen molar-refractivity contribution in [3.05, 3.63) is 66.0 Å². The number of alkyl halides is 3. The summed E-state index contributed by atoms with van der Waals surface area (Å²) >= 11 is 0. The zero-order valence-corrected chi connectivity index (χ0v) is 11.6. The lowest BCUT2D eigenvalue weighted by Crippen LogP contribution is -2.04. The van der Waals surface area contributed by atoms with Crippen molar-refractivity contribution >= 4 is 16.7 Å². The summed E-state index contributed by atoms with van der Waals surface area (Å²) in [6.07, 6.45) is -1.31. The summed E-state index contributed by atoms with van der Waals surface area (Å²) in [6, 6.07) is 9.36. The van der Waals surface area contributed by atoms with Gasteiger partial charge in [-0.2, -0.15) is 13.2 Å². The van der Waals surface area contributed by atoms with Crippen molar-refractivity contribution in [1.82, 2.24) is 4.98 Å². The molecule has 0 saturated carbocycles. The third-order valence-corrected chi connectivity index (χ3v) is 3.53. The van der Waals surface area contributed by atoms with Crippen molar-refractivity contribution in [2.24, 2.45) is 0 Å². The van der Waals surface area contributed by atoms with E-state index < -0.39 is 17.7 Å². The minimum atomic E-state index is -4.38. The third-order valence-electron chi connectivity index (χ3n) is 3.53. The minimum absolute atomic E-state index is 0.129. The summed E-state index contributed by atoms with van der Waals surface area (Å²) in [5.41, 5.74) is 0.638. The number of benzene rings is 2. The van der Waals surface area contributed by atoms with Crippen molar-refractivity contribution in [2.45, 2.75) is 6.18 Å². The smallest absolute Gasteiger partial charge is 0.416 e. The molecule has 3 nitrogen and oxygen atoms in total. The van der Waals surface area contributed by atoms with E-state index in [9.17, 15) is 18.0 Å². The van der Waals surface area contributed by atoms with Crippen LogP contribution in [0.1, 0.15) is 15.9 Å². The first-order chi connectivity index (χ1) is 10.9. The molecule has 116 valence electrons. The number of carboxylic acids is 1. The molecule has 0 aliphatic rings. The highest BCUT2D eigenvalue weighted by atomic mass is 19.4. The summed E-state index contributed by atoms with van der Waals surface area (Å²) in [7, 11) is 0. The van der Waals surface area contributed by atoms with Crippen LogP contribution in [0, 0.1) is 0 Å². The van der Waals surface area contributed by atoms with E-state index >= 15 is 0 Å². The van der Waals surface area contributed by atoms with Gasteiger partial charge in [-0.05, 0) is 35.2 Å². The predicted octanol–water partition coefficient (Wildman–Crippen LogP) is 4.62. The fraction of sp³-hybridized carbons (Fsp3) is 0.0588. The Morgan fingerprint density at radius 2 is 1.70 bits per heavy atom. The molecule has 0 aliphatic heterocycles. The molecule has 1 heterocycles. The lowest BCUT2D eigenvalue weighted by Gasteiger charge is -2.10. The molecule has 0 fully saturated rings. The second kappa shape index (κ2) is 5.39. The highest BCUT2D eigenvalue weighted by Crippen LogP contribution is 2.33. The fourth-order valence-electron chi connectivity index (χ4n) is 2.38. The van der Waals surface area contributed by atoms with Gasteiger partial charge in [0, 0.05) is 23.3 Å². The number of hydrogen-bond donors (Lipinski definition) is 1. The summed E-state index contributed by atoms with van der Waals surface area (Å²) in [4.78, 5) is 15.0. The Kier molecular flexibility index (Phi) is 3.52. The molecule has 0 radical (unpaired) electrons. The monoisotopic (exact) mass is 317 g/mol. The van der Waals surface area contributed by atoms with Crippen LogP contribution in [0.25, 0.3) is 21.9 Å². The Labute approximate surface area is 129 Å². The number of hydrogen-bond acceptors (Lipinski definition) is 2. The number of halogens is 3. The number of fused-ring (bicyclic) bond motifs is 1. The molecule has 0 amide bonds. The molecule has 2 aromatic carbocycles. The Morgan fingerprint density at radius 3 is 2.30 bits per heavy atom. The van der Waals surface area contributed by atoms with Crippen LogP contribution in [-0.2, 0) is 6.18 Å². The molecule has 3 rings (SSSR count). The molecule has 3 aromatic rings. The highest BCUT2D eigenvalue weighted by Gasteiger charge is 2.30. The van der Waals surface area contributed by atoms with Gasteiger partial charge in [0.05, 0.1) is 11.1 Å². The number of aromatic nitrogens is 1. The predicted molar refractivity (Wildman–Crippen MR) is 79.1 cm³/mol. The van der Waals surface area contributed by atoms with Crippen LogP contribution in [0.5, 0.6) is 0 Å². The molecular weight excluding hydrogens is 307 g/mol. The van der Waals surface area contributed by atoms with Gasteiger partial charge >= 0.3 is 12.1 Å². The number of nitrogens with zero attached hydrogens (tertiary/aromatic N) is 1. The number of aromatic carboxylic acids is 1. The number of rotatable bonds is 2. The van der Waals surface area contributed by atoms with E-state index in [2.05, 4.69) is 4.98 Å². The molecule has 1 aromatic heterocycles. The maximum Gasteiger partial charge on any atom is 0.416 e. The van der Waals surface area contributed by atoms with Crippen LogP contribution in [0.15, 0.2) is 54.9 Å². The van der Waals surface area contributed by atoms with E-state index in [0.29, 0.717) is 16.5 Å². The first-order valence-corrected chi connectivity index (χ1v) is 6.65. The van der Waals surface area contributed by atoms with E-state index in [-0.39, 0.29) is 5.56 Å². The largest absolute Gasteiger partial charge is 0.478 e. The Hall–Kier alpha value is -2.89. The zero-order chi connectivity index (χ0) is 16.6. The Bertz CT molecular complexity index is 886. The molecule has 0 bridgehead atoms. The van der Waals surface area contributed by atoms with Crippen LogP contribution < -0.4 is 0 Å². The topological polar surface area (TPSA) is 50.2 Å². The van der Waals surface area contributed by atoms with Gasteiger partial charge < -0.3 is 5.11 Å². The van der Waals surface area contributed by atoms with E-state index in [0.717, 1.165) is 17.5 Å². The zero-order valence-electron chi connectivity index (χ0n) is 11.6. The van der Waals surface area contributed by atoms with Crippen molar-refractivity contribution in [1.29, 1.82) is 0 Å². The van der Waals surface area contributed by atoms with E-state index in [1.807, 2.05) is 0 Å². The minimum Gasteiger partial charge on any atom is -0.478 e. The molecule has 23 heavy (non-hydrogen) atoms. The standard InChI is InChI=1S/C17H10F3NO2/c18-17(19,20)13-4-1-10(2-5-13)15-9-21-8-12-7-11(16(22)23)3-6-14(12)15/h1-9H,(H,22,23). The van der Waals surface area contributed by atoms with Crippen molar-refractivity contribution < 1.29 is 23.1 Å². The van der Waals surface area contributed by atoms with Crippen molar-refractivity contribution in [3.8, 4) is 11.1 Å². The fourth-order valence-corrected chi connectivity index (χ4v) is 2.38. The van der Waals surface area contributed by atoms with Gasteiger partial charge in [-0.15, -0.1) is 0 Å². The molecule has 0 spiro atoms. The number of pyridine rings is 1. The molecular formula is C17H10F3NO2. The SMILES string of the molecule is O=C(O)c1ccc2c(-c3ccc(C(F)(F)F)cc3)cncc2c1. The molecule has 0 aliphatic carbocycles. The Morgan fingerprint density at radius 1 is 1.00 bits per heavy atom. The van der Waals surface area contributed by atoms with Crippen molar-refractivity contribution in [3.63, 3.8) is 0 Å². The quantitative estimate of drug-likeness (QED) is 0.750. The van der Waals surface area contributed by atoms with Crippen LogP contribution in [0.4, 0.5) is 13.2 Å². The average Bonchev–Trinajstić information content (AvgIpc) is 2.53. The first kappa shape index (κ1) is 15.0. The summed E-state index contributed by atoms with van der Waals surface area (Å²) in [5, 5.41) is 10.4. The summed E-state index contributed by atoms with van der Waals surface area (Å²) in [6.45, 7) is 0. The average molecular weight is 317 g/mol. The lowest BCUT2D eigenvalue weighted by atomic mass is 9.98. The van der Waals surface area contributed by atoms with E-state index in [1.165, 1.54) is 30.5 Å². The first-order valence-electron chi connectivity index (χ1n) is 6.65. The van der Waals surface area contributed by atoms with E-state index in [1.54, 1.807) is 12.3 Å². The number of carbonyl (C=O) groups is 1. The second-order valence-electron chi connectivity index (χ2n) is 5.00. The van der Waals surface area contributed by atoms with Gasteiger partial charge in [0.25, 0.3) is 0 Å². The van der Waals surface area contributed by atoms with Gasteiger partial charge in [-0.1, -0.05) is 18.2 Å². The maximum atomic E-state index is 12.6. The van der Waals surface area contributed by atoms with Gasteiger partial charge in [-0.25, -0.2) is 4.79 Å².